The van der Waals surface area contributed by atoms with Crippen molar-refractivity contribution in [2.24, 2.45) is 0 Å². The highest BCUT2D eigenvalue weighted by Gasteiger charge is 2.09. The Morgan fingerprint density at radius 2 is 1.45 bits per heavy atom. The molecule has 2 unspecified atom stereocenters. The van der Waals surface area contributed by atoms with Crippen molar-refractivity contribution >= 4 is 11.7 Å². The van der Waals surface area contributed by atoms with E-state index in [1.165, 1.54) is 0 Å². The Balaban J connectivity index is 2.67. The highest BCUT2D eigenvalue weighted by Crippen LogP contribution is 2.17. The van der Waals surface area contributed by atoms with Gasteiger partial charge < -0.3 is 20.2 Å². The van der Waals surface area contributed by atoms with E-state index < -0.39 is 5.97 Å². The number of benzene rings is 1. The predicted molar refractivity (Wildman–Crippen MR) is 87.4 cm³/mol. The molecular weight excluding hydrogens is 282 g/mol. The van der Waals surface area contributed by atoms with Crippen molar-refractivity contribution in [1.82, 2.24) is 0 Å². The molecule has 22 heavy (non-hydrogen) atoms. The number of carbonyl (C=O) groups is 1. The van der Waals surface area contributed by atoms with Crippen LogP contribution in [-0.4, -0.2) is 46.6 Å². The summed E-state index contributed by atoms with van der Waals surface area (Å²) >= 11 is 0. The van der Waals surface area contributed by atoms with Crippen LogP contribution in [0.15, 0.2) is 24.3 Å². The van der Waals surface area contributed by atoms with Crippen LogP contribution in [-0.2, 0) is 0 Å². The van der Waals surface area contributed by atoms with Crippen LogP contribution in [0.3, 0.4) is 0 Å². The number of hydrogen-bond donors (Lipinski definition) is 3. The highest BCUT2D eigenvalue weighted by molar-refractivity contribution is 5.88. The smallest absolute Gasteiger partial charge is 0.335 e. The third-order valence-electron chi connectivity index (χ3n) is 3.58. The van der Waals surface area contributed by atoms with Crippen LogP contribution in [0, 0.1) is 0 Å². The molecule has 0 aromatic heterocycles. The summed E-state index contributed by atoms with van der Waals surface area (Å²) in [6.45, 7) is 5.16. The average molecular weight is 309 g/mol. The van der Waals surface area contributed by atoms with Crippen molar-refractivity contribution in [3.05, 3.63) is 29.8 Å². The van der Waals surface area contributed by atoms with Gasteiger partial charge in [0.2, 0.25) is 0 Å². The van der Waals surface area contributed by atoms with Gasteiger partial charge in [0.05, 0.1) is 17.8 Å². The van der Waals surface area contributed by atoms with Gasteiger partial charge >= 0.3 is 5.97 Å². The van der Waals surface area contributed by atoms with Crippen LogP contribution >= 0.6 is 0 Å². The molecule has 0 amide bonds. The van der Waals surface area contributed by atoms with Gasteiger partial charge in [-0.15, -0.1) is 0 Å². The third-order valence-corrected chi connectivity index (χ3v) is 3.58. The zero-order valence-electron chi connectivity index (χ0n) is 13.4. The average Bonchev–Trinajstić information content (AvgIpc) is 2.45. The predicted octanol–water partition coefficient (Wildman–Crippen LogP) is 2.51. The highest BCUT2D eigenvalue weighted by atomic mass is 16.4. The molecule has 5 nitrogen and oxygen atoms in total. The van der Waals surface area contributed by atoms with E-state index in [9.17, 15) is 15.0 Å². The van der Waals surface area contributed by atoms with Crippen LogP contribution in [0.1, 0.15) is 49.9 Å². The topological polar surface area (TPSA) is 81.0 Å². The Kier molecular flexibility index (Phi) is 7.91. The fourth-order valence-electron chi connectivity index (χ4n) is 2.34. The van der Waals surface area contributed by atoms with Crippen molar-refractivity contribution in [2.45, 2.75) is 51.7 Å². The van der Waals surface area contributed by atoms with E-state index in [1.807, 2.05) is 12.1 Å². The van der Waals surface area contributed by atoms with Crippen molar-refractivity contribution in [1.29, 1.82) is 0 Å². The summed E-state index contributed by atoms with van der Waals surface area (Å²) in [5, 5.41) is 27.7. The number of hydrogen-bond acceptors (Lipinski definition) is 4. The lowest BCUT2D eigenvalue weighted by Crippen LogP contribution is -2.27. The van der Waals surface area contributed by atoms with Gasteiger partial charge in [-0.25, -0.2) is 4.79 Å². The second-order valence-electron chi connectivity index (χ2n) is 5.82. The third kappa shape index (κ3) is 6.91. The molecule has 5 heteroatoms. The molecule has 1 aromatic carbocycles. The maximum absolute atomic E-state index is 10.9. The molecule has 0 aliphatic heterocycles. The Hall–Kier alpha value is -1.59. The molecular formula is C17H27NO4. The van der Waals surface area contributed by atoms with Gasteiger partial charge in [0.15, 0.2) is 0 Å². The molecule has 124 valence electrons. The van der Waals surface area contributed by atoms with Gasteiger partial charge in [-0.05, 0) is 63.8 Å². The summed E-state index contributed by atoms with van der Waals surface area (Å²) in [6, 6.07) is 6.84. The number of aliphatic hydroxyl groups excluding tert-OH is 2. The van der Waals surface area contributed by atoms with Crippen LogP contribution in [0.2, 0.25) is 0 Å². The zero-order valence-corrected chi connectivity index (χ0v) is 13.4. The molecule has 3 N–H and O–H groups in total. The molecule has 2 atom stereocenters. The normalized spacial score (nSPS) is 13.6. The molecule has 0 saturated carbocycles. The largest absolute Gasteiger partial charge is 0.478 e. The first-order valence-corrected chi connectivity index (χ1v) is 7.84. The lowest BCUT2D eigenvalue weighted by Gasteiger charge is -2.25. The lowest BCUT2D eigenvalue weighted by molar-refractivity contribution is 0.0697. The second kappa shape index (κ2) is 9.43. The minimum Gasteiger partial charge on any atom is -0.478 e. The van der Waals surface area contributed by atoms with E-state index in [4.69, 9.17) is 5.11 Å². The van der Waals surface area contributed by atoms with Gasteiger partial charge in [0, 0.05) is 18.8 Å². The van der Waals surface area contributed by atoms with Gasteiger partial charge in [-0.3, -0.25) is 0 Å². The Labute approximate surface area is 132 Å². The molecule has 0 spiro atoms. The van der Waals surface area contributed by atoms with E-state index in [2.05, 4.69) is 4.90 Å². The maximum atomic E-state index is 10.9. The molecule has 0 radical (unpaired) electrons. The standard InChI is InChI=1S/C17H27NO4/c1-13(19)5-3-11-18(12-4-6-14(2)20)16-9-7-15(8-10-16)17(21)22/h7-10,13-14,19-20H,3-6,11-12H2,1-2H3,(H,21,22). The number of carboxylic acids is 1. The molecule has 0 fully saturated rings. The first kappa shape index (κ1) is 18.5. The van der Waals surface area contributed by atoms with Gasteiger partial charge in [-0.2, -0.15) is 0 Å². The van der Waals surface area contributed by atoms with Crippen molar-refractivity contribution in [3.63, 3.8) is 0 Å². The summed E-state index contributed by atoms with van der Waals surface area (Å²) in [7, 11) is 0. The molecule has 0 aliphatic carbocycles. The molecule has 1 rings (SSSR count). The van der Waals surface area contributed by atoms with Crippen molar-refractivity contribution < 1.29 is 20.1 Å². The van der Waals surface area contributed by atoms with Crippen molar-refractivity contribution in [2.75, 3.05) is 18.0 Å². The summed E-state index contributed by atoms with van der Waals surface area (Å²) in [5.74, 6) is -0.929. The maximum Gasteiger partial charge on any atom is 0.335 e. The van der Waals surface area contributed by atoms with Crippen LogP contribution in [0.4, 0.5) is 5.69 Å². The Morgan fingerprint density at radius 3 is 1.82 bits per heavy atom. The van der Waals surface area contributed by atoms with Crippen LogP contribution in [0.5, 0.6) is 0 Å². The number of rotatable bonds is 10. The van der Waals surface area contributed by atoms with Gasteiger partial charge in [0.1, 0.15) is 0 Å². The minimum absolute atomic E-state index is 0.275. The molecule has 0 bridgehead atoms. The minimum atomic E-state index is -0.929. The van der Waals surface area contributed by atoms with Crippen molar-refractivity contribution in [3.8, 4) is 0 Å². The van der Waals surface area contributed by atoms with E-state index >= 15 is 0 Å². The summed E-state index contributed by atoms with van der Waals surface area (Å²) in [5.41, 5.74) is 1.25. The number of aromatic carboxylic acids is 1. The number of aliphatic hydroxyl groups is 2. The van der Waals surface area contributed by atoms with E-state index in [0.29, 0.717) is 0 Å². The summed E-state index contributed by atoms with van der Waals surface area (Å²) in [6.07, 6.45) is 2.59. The number of nitrogens with zero attached hydrogens (tertiary/aromatic N) is 1. The summed E-state index contributed by atoms with van der Waals surface area (Å²) in [4.78, 5) is 13.1. The molecule has 0 saturated heterocycles. The quantitative estimate of drug-likeness (QED) is 0.619. The van der Waals surface area contributed by atoms with Crippen LogP contribution in [0.25, 0.3) is 0 Å². The zero-order chi connectivity index (χ0) is 16.5. The van der Waals surface area contributed by atoms with Gasteiger partial charge in [0.25, 0.3) is 0 Å². The first-order valence-electron chi connectivity index (χ1n) is 7.84. The van der Waals surface area contributed by atoms with E-state index in [0.717, 1.165) is 44.5 Å². The molecule has 1 aromatic rings. The Bertz CT molecular complexity index is 428. The molecule has 0 aliphatic rings. The summed E-state index contributed by atoms with van der Waals surface area (Å²) < 4.78 is 0. The fourth-order valence-corrected chi connectivity index (χ4v) is 2.34. The van der Waals surface area contributed by atoms with E-state index in [-0.39, 0.29) is 17.8 Å². The SMILES string of the molecule is CC(O)CCCN(CCCC(C)O)c1ccc(C(=O)O)cc1. The lowest BCUT2D eigenvalue weighted by atomic mass is 10.1. The van der Waals surface area contributed by atoms with Crippen LogP contribution < -0.4 is 4.90 Å². The monoisotopic (exact) mass is 309 g/mol. The number of carboxylic acid groups (broad SMARTS) is 1. The van der Waals surface area contributed by atoms with Gasteiger partial charge in [-0.1, -0.05) is 0 Å². The Morgan fingerprint density at radius 1 is 1.00 bits per heavy atom. The fraction of sp³-hybridized carbons (Fsp3) is 0.588. The molecule has 0 heterocycles. The first-order chi connectivity index (χ1) is 10.4. The number of anilines is 1. The van der Waals surface area contributed by atoms with E-state index in [1.54, 1.807) is 26.0 Å². The second-order valence-corrected chi connectivity index (χ2v) is 5.82.